The van der Waals surface area contributed by atoms with Crippen LogP contribution >= 0.6 is 0 Å². The van der Waals surface area contributed by atoms with Gasteiger partial charge in [-0.3, -0.25) is 10.2 Å². The second-order valence-electron chi connectivity index (χ2n) is 1.83. The van der Waals surface area contributed by atoms with Gasteiger partial charge >= 0.3 is 0 Å². The van der Waals surface area contributed by atoms with E-state index in [4.69, 9.17) is 0 Å². The van der Waals surface area contributed by atoms with Crippen LogP contribution in [0.15, 0.2) is 24.8 Å². The molecule has 12 heavy (non-hydrogen) atoms. The Labute approximate surface area is 71.0 Å². The highest BCUT2D eigenvalue weighted by Gasteiger charge is 1.85. The lowest BCUT2D eigenvalue weighted by Crippen LogP contribution is -2.28. The molecule has 0 aromatic carbocycles. The first-order valence-electron chi connectivity index (χ1n) is 3.50. The van der Waals surface area contributed by atoms with Crippen LogP contribution in [0.3, 0.4) is 0 Å². The number of hydrogen-bond donors (Lipinski definition) is 2. The molecule has 3 N–H and O–H groups in total. The van der Waals surface area contributed by atoms with E-state index in [1.54, 1.807) is 25.4 Å². The number of amides is 1. The lowest BCUT2D eigenvalue weighted by molar-refractivity contribution is -0.120. The van der Waals surface area contributed by atoms with Crippen LogP contribution in [0, 0.1) is 0 Å². The number of hydrogen-bond acceptors (Lipinski definition) is 4. The van der Waals surface area contributed by atoms with Crippen LogP contribution in [-0.4, -0.2) is 15.9 Å². The quantitative estimate of drug-likeness (QED) is 0.347. The maximum atomic E-state index is 9.94. The van der Waals surface area contributed by atoms with Gasteiger partial charge in [0.15, 0.2) is 0 Å². The third-order valence-corrected chi connectivity index (χ3v) is 0.960. The van der Waals surface area contributed by atoms with Gasteiger partial charge in [0.1, 0.15) is 6.33 Å². The van der Waals surface area contributed by atoms with Gasteiger partial charge in [-0.25, -0.2) is 15.8 Å². The summed E-state index contributed by atoms with van der Waals surface area (Å²) in [5.41, 5.74) is 1.98. The zero-order valence-electron chi connectivity index (χ0n) is 6.90. The van der Waals surface area contributed by atoms with Gasteiger partial charge < -0.3 is 0 Å². The lowest BCUT2D eigenvalue weighted by atomic mass is 10.5. The molecular weight excluding hydrogens is 156 g/mol. The van der Waals surface area contributed by atoms with Gasteiger partial charge in [-0.1, -0.05) is 6.92 Å². The molecule has 0 radical (unpaired) electrons. The predicted octanol–water partition coefficient (Wildman–Crippen LogP) is -0.137. The average Bonchev–Trinajstić information content (AvgIpc) is 2.20. The highest BCUT2D eigenvalue weighted by molar-refractivity contribution is 5.74. The van der Waals surface area contributed by atoms with E-state index in [1.165, 1.54) is 6.33 Å². The smallest absolute Gasteiger partial charge is 0.233 e. The summed E-state index contributed by atoms with van der Waals surface area (Å²) in [6.07, 6.45) is 5.33. The fourth-order valence-electron chi connectivity index (χ4n) is 0.355. The van der Waals surface area contributed by atoms with Crippen LogP contribution in [0.25, 0.3) is 0 Å². The average molecular weight is 168 g/mol. The van der Waals surface area contributed by atoms with Gasteiger partial charge in [0, 0.05) is 18.8 Å². The maximum Gasteiger partial charge on any atom is 0.233 e. The van der Waals surface area contributed by atoms with Crippen molar-refractivity contribution in [1.82, 2.24) is 15.4 Å². The molecule has 1 amide bonds. The Morgan fingerprint density at radius 3 is 2.17 bits per heavy atom. The van der Waals surface area contributed by atoms with Crippen molar-refractivity contribution < 1.29 is 4.79 Å². The summed E-state index contributed by atoms with van der Waals surface area (Å²) in [5, 5.41) is 0. The van der Waals surface area contributed by atoms with E-state index in [0.717, 1.165) is 0 Å². The largest absolute Gasteiger partial charge is 0.294 e. The number of nitrogens with zero attached hydrogens (tertiary/aromatic N) is 2. The van der Waals surface area contributed by atoms with Gasteiger partial charge in [-0.2, -0.15) is 0 Å². The number of carbonyl (C=O) groups is 1. The summed E-state index contributed by atoms with van der Waals surface area (Å²) in [4.78, 5) is 17.3. The Morgan fingerprint density at radius 2 is 2.08 bits per heavy atom. The van der Waals surface area contributed by atoms with Gasteiger partial charge in [0.2, 0.25) is 5.91 Å². The van der Waals surface area contributed by atoms with Gasteiger partial charge in [0.05, 0.1) is 0 Å². The molecule has 1 heterocycles. The van der Waals surface area contributed by atoms with E-state index in [1.807, 2.05) is 5.43 Å². The van der Waals surface area contributed by atoms with Crippen molar-refractivity contribution in [2.75, 3.05) is 0 Å². The topological polar surface area (TPSA) is 80.9 Å². The number of nitrogens with one attached hydrogen (secondary N) is 1. The molecule has 0 saturated heterocycles. The normalized spacial score (nSPS) is 7.83. The molecule has 0 saturated carbocycles. The molecule has 0 unspecified atom stereocenters. The maximum absolute atomic E-state index is 9.94. The number of carbonyl (C=O) groups excluding carboxylic acids is 1. The first-order chi connectivity index (χ1) is 5.81. The van der Waals surface area contributed by atoms with Crippen LogP contribution in [0.4, 0.5) is 0 Å². The monoisotopic (exact) mass is 168 g/mol. The Hall–Kier alpha value is -1.49. The molecule has 0 atom stereocenters. The zero-order valence-corrected chi connectivity index (χ0v) is 6.90. The van der Waals surface area contributed by atoms with E-state index in [9.17, 15) is 4.79 Å². The predicted molar refractivity (Wildman–Crippen MR) is 44.7 cm³/mol. The van der Waals surface area contributed by atoms with Gasteiger partial charge in [-0.15, -0.1) is 0 Å². The van der Waals surface area contributed by atoms with Crippen molar-refractivity contribution in [3.63, 3.8) is 0 Å². The summed E-state index contributed by atoms with van der Waals surface area (Å²) >= 11 is 0. The van der Waals surface area contributed by atoms with E-state index >= 15 is 0 Å². The summed E-state index contributed by atoms with van der Waals surface area (Å²) in [6.45, 7) is 1.74. The summed E-state index contributed by atoms with van der Waals surface area (Å²) in [6, 6.07) is 1.78. The third-order valence-electron chi connectivity index (χ3n) is 0.960. The zero-order chi connectivity index (χ0) is 9.23. The molecule has 66 valence electrons. The summed E-state index contributed by atoms with van der Waals surface area (Å²) < 4.78 is 0. The van der Waals surface area contributed by atoms with E-state index in [-0.39, 0.29) is 5.91 Å². The number of hydrazine groups is 1. The summed E-state index contributed by atoms with van der Waals surface area (Å²) in [5.74, 6) is 4.55. The number of aromatic nitrogens is 2. The molecule has 5 heteroatoms. The molecule has 0 aliphatic carbocycles. The van der Waals surface area contributed by atoms with Crippen molar-refractivity contribution >= 4 is 5.91 Å². The van der Waals surface area contributed by atoms with Crippen LogP contribution in [0.2, 0.25) is 0 Å². The van der Waals surface area contributed by atoms with Crippen LogP contribution in [0.1, 0.15) is 13.3 Å². The Kier molecular flexibility index (Phi) is 6.67. The first kappa shape index (κ1) is 10.5. The van der Waals surface area contributed by atoms with Gasteiger partial charge in [0.25, 0.3) is 0 Å². The molecule has 1 rings (SSSR count). The molecule has 0 spiro atoms. The minimum absolute atomic E-state index is 0.130. The van der Waals surface area contributed by atoms with Crippen LogP contribution in [-0.2, 0) is 4.79 Å². The fraction of sp³-hybridized carbons (Fsp3) is 0.286. The minimum Gasteiger partial charge on any atom is -0.294 e. The standard InChI is InChI=1S/C4H4N2.C3H8N2O/c1-2-5-4-6-3-1;1-2-3(6)5-4/h1-4H;2,4H2,1H3,(H,5,6). The number of nitrogens with two attached hydrogens (primary N) is 1. The molecule has 0 aliphatic rings. The second-order valence-corrected chi connectivity index (χ2v) is 1.83. The van der Waals surface area contributed by atoms with Crippen molar-refractivity contribution in [1.29, 1.82) is 0 Å². The molecule has 5 nitrogen and oxygen atoms in total. The van der Waals surface area contributed by atoms with Gasteiger partial charge in [-0.05, 0) is 6.07 Å². The molecule has 0 bridgehead atoms. The van der Waals surface area contributed by atoms with Crippen molar-refractivity contribution in [3.8, 4) is 0 Å². The number of rotatable bonds is 1. The molecule has 1 aromatic heterocycles. The Morgan fingerprint density at radius 1 is 1.50 bits per heavy atom. The Balaban J connectivity index is 0.000000202. The second kappa shape index (κ2) is 7.62. The Bertz CT molecular complexity index is 169. The first-order valence-corrected chi connectivity index (χ1v) is 3.50. The highest BCUT2D eigenvalue weighted by atomic mass is 16.2. The molecular formula is C7H12N4O. The summed E-state index contributed by atoms with van der Waals surface area (Å²) in [7, 11) is 0. The third kappa shape index (κ3) is 6.63. The molecule has 0 fully saturated rings. The van der Waals surface area contributed by atoms with E-state index in [0.29, 0.717) is 6.42 Å². The lowest BCUT2D eigenvalue weighted by Gasteiger charge is -1.87. The van der Waals surface area contributed by atoms with Crippen molar-refractivity contribution in [2.24, 2.45) is 5.84 Å². The van der Waals surface area contributed by atoms with Crippen molar-refractivity contribution in [3.05, 3.63) is 24.8 Å². The van der Waals surface area contributed by atoms with Crippen molar-refractivity contribution in [2.45, 2.75) is 13.3 Å². The van der Waals surface area contributed by atoms with E-state index < -0.39 is 0 Å². The fourth-order valence-corrected chi connectivity index (χ4v) is 0.355. The molecule has 1 aromatic rings. The highest BCUT2D eigenvalue weighted by Crippen LogP contribution is 1.67. The van der Waals surface area contributed by atoms with Crippen LogP contribution < -0.4 is 11.3 Å². The molecule has 0 aliphatic heterocycles. The SMILES string of the molecule is CCC(=O)NN.c1cncnc1. The van der Waals surface area contributed by atoms with E-state index in [2.05, 4.69) is 15.8 Å². The van der Waals surface area contributed by atoms with Crippen LogP contribution in [0.5, 0.6) is 0 Å². The minimum atomic E-state index is -0.130.